The Morgan fingerprint density at radius 1 is 1.21 bits per heavy atom. The minimum Gasteiger partial charge on any atom is -0.478 e. The van der Waals surface area contributed by atoms with Crippen LogP contribution in [0.25, 0.3) is 0 Å². The van der Waals surface area contributed by atoms with Gasteiger partial charge in [-0.3, -0.25) is 14.7 Å². The first-order valence-electron chi connectivity index (χ1n) is 4.78. The molecule has 0 atom stereocenters. The molecule has 10 heteroatoms. The predicted molar refractivity (Wildman–Crippen MR) is 76.6 cm³/mol. The summed E-state index contributed by atoms with van der Waals surface area (Å²) in [5, 5.41) is 15.4. The molecule has 0 spiro atoms. The average molecular weight is 351 g/mol. The molecule has 1 rings (SSSR count). The number of benzene rings is 1. The SMILES string of the molecule is CC.O=C(O)c1ccc([N+](=O)[O-])cc1.O=P(Cl)(Cl)Cl. The second-order valence-corrected chi connectivity index (χ2v) is 9.15. The van der Waals surface area contributed by atoms with Crippen LogP contribution in [0.15, 0.2) is 24.3 Å². The molecule has 6 nitrogen and oxygen atoms in total. The van der Waals surface area contributed by atoms with Crippen molar-refractivity contribution in [3.05, 3.63) is 39.9 Å². The lowest BCUT2D eigenvalue weighted by molar-refractivity contribution is -0.384. The molecule has 0 radical (unpaired) electrons. The lowest BCUT2D eigenvalue weighted by atomic mass is 10.2. The van der Waals surface area contributed by atoms with E-state index in [-0.39, 0.29) is 11.3 Å². The average Bonchev–Trinajstić information content (AvgIpc) is 2.29. The molecule has 0 saturated carbocycles. The van der Waals surface area contributed by atoms with Gasteiger partial charge in [0.2, 0.25) is 0 Å². The van der Waals surface area contributed by atoms with Crippen molar-refractivity contribution in [2.45, 2.75) is 13.8 Å². The highest BCUT2D eigenvalue weighted by Gasteiger charge is 2.06. The summed E-state index contributed by atoms with van der Waals surface area (Å²) >= 11 is 13.8. The quantitative estimate of drug-likeness (QED) is 0.453. The fourth-order valence-electron chi connectivity index (χ4n) is 0.726. The van der Waals surface area contributed by atoms with Gasteiger partial charge in [0.25, 0.3) is 5.69 Å². The van der Waals surface area contributed by atoms with Crippen molar-refractivity contribution in [2.24, 2.45) is 0 Å². The molecule has 1 N–H and O–H groups in total. The first-order chi connectivity index (χ1) is 8.61. The number of nitrogens with zero attached hydrogens (tertiary/aromatic N) is 1. The number of halogens is 3. The molecule has 0 fully saturated rings. The van der Waals surface area contributed by atoms with Crippen LogP contribution in [0.2, 0.25) is 0 Å². The summed E-state index contributed by atoms with van der Waals surface area (Å²) in [7, 11) is 0. The van der Waals surface area contributed by atoms with Crippen molar-refractivity contribution >= 4 is 50.6 Å². The zero-order valence-electron chi connectivity index (χ0n) is 9.92. The van der Waals surface area contributed by atoms with E-state index in [0.717, 1.165) is 12.1 Å². The van der Waals surface area contributed by atoms with Crippen LogP contribution in [-0.4, -0.2) is 16.0 Å². The highest BCUT2D eigenvalue weighted by atomic mass is 36.0. The number of carboxylic acid groups (broad SMARTS) is 1. The van der Waals surface area contributed by atoms with Crippen molar-refractivity contribution < 1.29 is 19.4 Å². The third-order valence-corrected chi connectivity index (χ3v) is 1.33. The number of non-ortho nitro benzene ring substituents is 1. The highest BCUT2D eigenvalue weighted by Crippen LogP contribution is 2.61. The van der Waals surface area contributed by atoms with E-state index in [1.54, 1.807) is 0 Å². The van der Waals surface area contributed by atoms with Crippen molar-refractivity contribution in [2.75, 3.05) is 0 Å². The monoisotopic (exact) mass is 349 g/mol. The second kappa shape index (κ2) is 10.0. The van der Waals surface area contributed by atoms with Crippen LogP contribution < -0.4 is 0 Å². The van der Waals surface area contributed by atoms with E-state index < -0.39 is 16.1 Å². The van der Waals surface area contributed by atoms with Gasteiger partial charge in [0.1, 0.15) is 0 Å². The number of carboxylic acids is 1. The number of carbonyl (C=O) groups is 1. The molecule has 19 heavy (non-hydrogen) atoms. The lowest BCUT2D eigenvalue weighted by Gasteiger charge is -1.92. The van der Waals surface area contributed by atoms with Gasteiger partial charge in [0.15, 0.2) is 0 Å². The zero-order valence-corrected chi connectivity index (χ0v) is 13.1. The normalized spacial score (nSPS) is 9.32. The van der Waals surface area contributed by atoms with Gasteiger partial charge in [0.05, 0.1) is 10.5 Å². The number of hydrogen-bond acceptors (Lipinski definition) is 4. The van der Waals surface area contributed by atoms with Crippen molar-refractivity contribution in [3.63, 3.8) is 0 Å². The van der Waals surface area contributed by atoms with Crippen LogP contribution in [0, 0.1) is 10.1 Å². The Bertz CT molecular complexity index is 418. The van der Waals surface area contributed by atoms with E-state index in [0.29, 0.717) is 0 Å². The molecule has 0 aliphatic carbocycles. The van der Waals surface area contributed by atoms with Crippen LogP contribution >= 0.6 is 38.9 Å². The van der Waals surface area contributed by atoms with E-state index in [1.165, 1.54) is 12.1 Å². The molecule has 108 valence electrons. The van der Waals surface area contributed by atoms with Gasteiger partial charge in [-0.2, -0.15) is 0 Å². The van der Waals surface area contributed by atoms with E-state index in [4.69, 9.17) is 5.11 Å². The Balaban J connectivity index is 0. The summed E-state index contributed by atoms with van der Waals surface area (Å²) in [6.07, 6.45) is 0. The molecule has 0 heterocycles. The number of nitro groups is 1. The number of aromatic carboxylic acids is 1. The summed E-state index contributed by atoms with van der Waals surface area (Å²) in [6, 6.07) is 4.70. The molecule has 0 aliphatic heterocycles. The molecule has 0 amide bonds. The van der Waals surface area contributed by atoms with E-state index in [9.17, 15) is 19.5 Å². The van der Waals surface area contributed by atoms with Gasteiger partial charge in [-0.05, 0) is 45.9 Å². The minimum absolute atomic E-state index is 0.0422. The first-order valence-corrected chi connectivity index (χ1v) is 9.20. The molecular weight excluding hydrogens is 339 g/mol. The lowest BCUT2D eigenvalue weighted by Crippen LogP contribution is -1.96. The molecule has 0 saturated heterocycles. The van der Waals surface area contributed by atoms with Crippen molar-refractivity contribution in [1.82, 2.24) is 0 Å². The topological polar surface area (TPSA) is 97.5 Å². The Morgan fingerprint density at radius 3 is 1.74 bits per heavy atom. The fourth-order valence-corrected chi connectivity index (χ4v) is 0.726. The third kappa shape index (κ3) is 13.4. The molecule has 0 bridgehead atoms. The molecular formula is C9H11Cl3NO5P. The predicted octanol–water partition coefficient (Wildman–Crippen LogP) is 5.13. The Hall–Kier alpha value is -0.810. The summed E-state index contributed by atoms with van der Waals surface area (Å²) in [6.45, 7) is 4.00. The summed E-state index contributed by atoms with van der Waals surface area (Å²) < 4.78 is 9.51. The van der Waals surface area contributed by atoms with Gasteiger partial charge < -0.3 is 5.11 Å². The van der Waals surface area contributed by atoms with Gasteiger partial charge in [0, 0.05) is 12.1 Å². The van der Waals surface area contributed by atoms with Gasteiger partial charge >= 0.3 is 11.2 Å². The Kier molecular flexibility index (Phi) is 10.8. The van der Waals surface area contributed by atoms with Gasteiger partial charge in [-0.25, -0.2) is 4.79 Å². The first kappa shape index (κ1) is 20.5. The summed E-state index contributed by atoms with van der Waals surface area (Å²) in [4.78, 5) is 19.9. The number of hydrogen-bond donors (Lipinski definition) is 1. The largest absolute Gasteiger partial charge is 0.478 e. The van der Waals surface area contributed by atoms with E-state index in [1.807, 2.05) is 13.8 Å². The van der Waals surface area contributed by atoms with Gasteiger partial charge in [-0.1, -0.05) is 13.8 Å². The zero-order chi connectivity index (χ0) is 15.6. The van der Waals surface area contributed by atoms with Crippen molar-refractivity contribution in [1.29, 1.82) is 0 Å². The maximum Gasteiger partial charge on any atom is 0.339 e. The van der Waals surface area contributed by atoms with Crippen LogP contribution in [0.1, 0.15) is 24.2 Å². The summed E-state index contributed by atoms with van der Waals surface area (Å²) in [5.41, 5.74) is -0.0689. The standard InChI is InChI=1S/C7H5NO4.C2H6.Cl3OP/c9-7(10)5-1-3-6(4-2-5)8(11)12;1-2;1-5(2,3)4/h1-4H,(H,9,10);1-2H3;. The Labute approximate surface area is 124 Å². The number of rotatable bonds is 2. The Morgan fingerprint density at radius 2 is 1.53 bits per heavy atom. The minimum atomic E-state index is -3.22. The molecule has 0 aromatic heterocycles. The summed E-state index contributed by atoms with van der Waals surface area (Å²) in [5.74, 6) is -1.09. The molecule has 1 aromatic carbocycles. The van der Waals surface area contributed by atoms with Crippen LogP contribution in [0.3, 0.4) is 0 Å². The third-order valence-electron chi connectivity index (χ3n) is 1.33. The smallest absolute Gasteiger partial charge is 0.339 e. The van der Waals surface area contributed by atoms with Crippen molar-refractivity contribution in [3.8, 4) is 0 Å². The molecule has 0 aliphatic rings. The second-order valence-electron chi connectivity index (χ2n) is 2.51. The van der Waals surface area contributed by atoms with Crippen LogP contribution in [0.5, 0.6) is 0 Å². The molecule has 0 unspecified atom stereocenters. The molecule has 1 aromatic rings. The maximum atomic E-state index is 10.3. The van der Waals surface area contributed by atoms with Gasteiger partial charge in [-0.15, -0.1) is 0 Å². The maximum absolute atomic E-state index is 10.3. The van der Waals surface area contributed by atoms with E-state index >= 15 is 0 Å². The van der Waals surface area contributed by atoms with E-state index in [2.05, 4.69) is 33.7 Å². The fraction of sp³-hybridized carbons (Fsp3) is 0.222. The highest BCUT2D eigenvalue weighted by molar-refractivity contribution is 8.24. The van der Waals surface area contributed by atoms with Crippen LogP contribution in [0.4, 0.5) is 5.69 Å². The van der Waals surface area contributed by atoms with Crippen LogP contribution in [-0.2, 0) is 4.57 Å². The number of nitro benzene ring substituents is 1.